The molecule has 0 bridgehead atoms. The highest BCUT2D eigenvalue weighted by Gasteiger charge is 2.29. The summed E-state index contributed by atoms with van der Waals surface area (Å²) in [4.78, 5) is 0.317. The predicted molar refractivity (Wildman–Crippen MR) is 119 cm³/mol. The molecule has 3 aromatic rings. The lowest BCUT2D eigenvalue weighted by Crippen LogP contribution is -2.38. The highest BCUT2D eigenvalue weighted by molar-refractivity contribution is 7.89. The number of hydrogen-bond donors (Lipinski definition) is 0. The van der Waals surface area contributed by atoms with Crippen LogP contribution in [0.3, 0.4) is 0 Å². The van der Waals surface area contributed by atoms with Crippen LogP contribution in [0.15, 0.2) is 83.8 Å². The first-order chi connectivity index (χ1) is 14.0. The second-order valence-electron chi connectivity index (χ2n) is 7.57. The SMILES string of the molecule is O=S(=O)(c1ccc(Cl)cc1)N1CCC(Cc2ccc(-c3ccccc3)cc2)CC1. The maximum absolute atomic E-state index is 12.8. The molecule has 0 radical (unpaired) electrons. The first-order valence-corrected chi connectivity index (χ1v) is 11.7. The summed E-state index contributed by atoms with van der Waals surface area (Å²) in [7, 11) is -3.44. The molecule has 3 nitrogen and oxygen atoms in total. The van der Waals surface area contributed by atoms with E-state index in [0.717, 1.165) is 19.3 Å². The van der Waals surface area contributed by atoms with Gasteiger partial charge in [0.15, 0.2) is 0 Å². The van der Waals surface area contributed by atoms with Crippen LogP contribution in [0.25, 0.3) is 11.1 Å². The van der Waals surface area contributed by atoms with Gasteiger partial charge in [-0.25, -0.2) is 8.42 Å². The third-order valence-corrected chi connectivity index (χ3v) is 7.78. The van der Waals surface area contributed by atoms with Gasteiger partial charge in [-0.05, 0) is 66.1 Å². The molecule has 3 aromatic carbocycles. The Morgan fingerprint density at radius 3 is 2.00 bits per heavy atom. The van der Waals surface area contributed by atoms with Crippen LogP contribution >= 0.6 is 11.6 Å². The van der Waals surface area contributed by atoms with Crippen LogP contribution in [-0.4, -0.2) is 25.8 Å². The fraction of sp³-hybridized carbons (Fsp3) is 0.250. The number of halogens is 1. The topological polar surface area (TPSA) is 37.4 Å². The summed E-state index contributed by atoms with van der Waals surface area (Å²) in [6.07, 6.45) is 2.75. The monoisotopic (exact) mass is 425 g/mol. The zero-order chi connectivity index (χ0) is 20.3. The van der Waals surface area contributed by atoms with Gasteiger partial charge in [-0.2, -0.15) is 4.31 Å². The Kier molecular flexibility index (Phi) is 6.04. The number of rotatable bonds is 5. The van der Waals surface area contributed by atoms with Gasteiger partial charge in [0, 0.05) is 18.1 Å². The highest BCUT2D eigenvalue weighted by atomic mass is 35.5. The minimum Gasteiger partial charge on any atom is -0.207 e. The van der Waals surface area contributed by atoms with E-state index >= 15 is 0 Å². The number of benzene rings is 3. The Bertz CT molecular complexity index is 1040. The minimum atomic E-state index is -3.44. The molecule has 4 rings (SSSR count). The summed E-state index contributed by atoms with van der Waals surface area (Å²) in [5.74, 6) is 0.509. The summed E-state index contributed by atoms with van der Waals surface area (Å²) in [5.41, 5.74) is 3.75. The van der Waals surface area contributed by atoms with E-state index in [4.69, 9.17) is 11.6 Å². The van der Waals surface area contributed by atoms with Crippen molar-refractivity contribution in [3.8, 4) is 11.1 Å². The molecule has 0 amide bonds. The zero-order valence-electron chi connectivity index (χ0n) is 16.2. The van der Waals surface area contributed by atoms with Crippen molar-refractivity contribution in [1.29, 1.82) is 0 Å². The Balaban J connectivity index is 1.36. The molecule has 0 aliphatic carbocycles. The molecule has 5 heteroatoms. The van der Waals surface area contributed by atoms with E-state index in [1.165, 1.54) is 16.7 Å². The molecule has 0 N–H and O–H groups in total. The molecule has 1 aliphatic heterocycles. The second kappa shape index (κ2) is 8.70. The van der Waals surface area contributed by atoms with E-state index in [9.17, 15) is 8.42 Å². The van der Waals surface area contributed by atoms with Crippen LogP contribution in [0.4, 0.5) is 0 Å². The third kappa shape index (κ3) is 4.72. The van der Waals surface area contributed by atoms with E-state index in [1.807, 2.05) is 6.07 Å². The molecule has 150 valence electrons. The van der Waals surface area contributed by atoms with Crippen molar-refractivity contribution < 1.29 is 8.42 Å². The summed E-state index contributed by atoms with van der Waals surface area (Å²) in [6, 6.07) is 25.5. The lowest BCUT2D eigenvalue weighted by atomic mass is 9.90. The van der Waals surface area contributed by atoms with Crippen molar-refractivity contribution in [2.75, 3.05) is 13.1 Å². The third-order valence-electron chi connectivity index (χ3n) is 5.61. The maximum atomic E-state index is 12.8. The molecular formula is C24H24ClNO2S. The maximum Gasteiger partial charge on any atom is 0.243 e. The summed E-state index contributed by atoms with van der Waals surface area (Å²) < 4.78 is 27.2. The molecule has 1 saturated heterocycles. The van der Waals surface area contributed by atoms with E-state index < -0.39 is 10.0 Å². The van der Waals surface area contributed by atoms with E-state index in [0.29, 0.717) is 28.9 Å². The molecule has 1 heterocycles. The lowest BCUT2D eigenvalue weighted by Gasteiger charge is -2.31. The van der Waals surface area contributed by atoms with Gasteiger partial charge in [-0.15, -0.1) is 0 Å². The zero-order valence-corrected chi connectivity index (χ0v) is 17.7. The molecule has 1 fully saturated rings. The molecule has 0 aromatic heterocycles. The number of nitrogens with zero attached hydrogens (tertiary/aromatic N) is 1. The minimum absolute atomic E-state index is 0.317. The van der Waals surface area contributed by atoms with Crippen molar-refractivity contribution >= 4 is 21.6 Å². The highest BCUT2D eigenvalue weighted by Crippen LogP contribution is 2.27. The normalized spacial score (nSPS) is 16.0. The van der Waals surface area contributed by atoms with Crippen molar-refractivity contribution in [1.82, 2.24) is 4.31 Å². The van der Waals surface area contributed by atoms with Gasteiger partial charge in [0.1, 0.15) is 0 Å². The Morgan fingerprint density at radius 2 is 1.38 bits per heavy atom. The Hall–Kier alpha value is -2.14. The van der Waals surface area contributed by atoms with E-state index in [2.05, 4.69) is 48.5 Å². The molecule has 1 aliphatic rings. The fourth-order valence-electron chi connectivity index (χ4n) is 3.91. The average molecular weight is 426 g/mol. The van der Waals surface area contributed by atoms with Crippen LogP contribution in [0.2, 0.25) is 5.02 Å². The molecule has 0 saturated carbocycles. The smallest absolute Gasteiger partial charge is 0.207 e. The van der Waals surface area contributed by atoms with Crippen LogP contribution in [0.1, 0.15) is 18.4 Å². The van der Waals surface area contributed by atoms with Crippen molar-refractivity contribution in [2.45, 2.75) is 24.2 Å². The van der Waals surface area contributed by atoms with Gasteiger partial charge in [0.25, 0.3) is 0 Å². The van der Waals surface area contributed by atoms with Gasteiger partial charge in [0.2, 0.25) is 10.0 Å². The van der Waals surface area contributed by atoms with Gasteiger partial charge < -0.3 is 0 Å². The van der Waals surface area contributed by atoms with Crippen LogP contribution in [0.5, 0.6) is 0 Å². The molecule has 0 atom stereocenters. The number of hydrogen-bond acceptors (Lipinski definition) is 2. The van der Waals surface area contributed by atoms with Gasteiger partial charge in [-0.3, -0.25) is 0 Å². The van der Waals surface area contributed by atoms with Crippen LogP contribution in [0, 0.1) is 5.92 Å². The number of sulfonamides is 1. The largest absolute Gasteiger partial charge is 0.243 e. The summed E-state index contributed by atoms with van der Waals surface area (Å²) in [5, 5.41) is 0.543. The Morgan fingerprint density at radius 1 is 0.793 bits per heavy atom. The van der Waals surface area contributed by atoms with Gasteiger partial charge >= 0.3 is 0 Å². The molecule has 0 spiro atoms. The van der Waals surface area contributed by atoms with E-state index in [-0.39, 0.29) is 0 Å². The summed E-state index contributed by atoms with van der Waals surface area (Å²) >= 11 is 5.88. The van der Waals surface area contributed by atoms with Crippen molar-refractivity contribution in [2.24, 2.45) is 5.92 Å². The molecule has 0 unspecified atom stereocenters. The standard InChI is InChI=1S/C24H24ClNO2S/c25-23-10-12-24(13-11-23)29(27,28)26-16-14-20(15-17-26)18-19-6-8-22(9-7-19)21-4-2-1-3-5-21/h1-13,20H,14-18H2. The lowest BCUT2D eigenvalue weighted by molar-refractivity contribution is 0.273. The van der Waals surface area contributed by atoms with E-state index in [1.54, 1.807) is 28.6 Å². The van der Waals surface area contributed by atoms with Gasteiger partial charge in [0.05, 0.1) is 4.90 Å². The van der Waals surface area contributed by atoms with Crippen molar-refractivity contribution in [3.05, 3.63) is 89.4 Å². The number of piperidine rings is 1. The predicted octanol–water partition coefficient (Wildman–Crippen LogP) is 5.65. The van der Waals surface area contributed by atoms with Crippen LogP contribution < -0.4 is 0 Å². The fourth-order valence-corrected chi connectivity index (χ4v) is 5.50. The first-order valence-electron chi connectivity index (χ1n) is 9.92. The second-order valence-corrected chi connectivity index (χ2v) is 9.94. The Labute approximate surface area is 178 Å². The quantitative estimate of drug-likeness (QED) is 0.529. The van der Waals surface area contributed by atoms with Crippen LogP contribution in [-0.2, 0) is 16.4 Å². The van der Waals surface area contributed by atoms with Crippen molar-refractivity contribution in [3.63, 3.8) is 0 Å². The average Bonchev–Trinajstić information content (AvgIpc) is 2.76. The molecule has 29 heavy (non-hydrogen) atoms. The molecular weight excluding hydrogens is 402 g/mol. The van der Waals surface area contributed by atoms with Gasteiger partial charge in [-0.1, -0.05) is 66.2 Å². The summed E-state index contributed by atoms with van der Waals surface area (Å²) in [6.45, 7) is 1.13. The first kappa shape index (κ1) is 20.1.